The number of hydrogen-bond acceptors (Lipinski definition) is 5. The molecule has 0 saturated heterocycles. The van der Waals surface area contributed by atoms with Crippen molar-refractivity contribution in [1.82, 2.24) is 5.32 Å². The third-order valence-electron chi connectivity index (χ3n) is 14.2. The molecule has 0 aromatic heterocycles. The van der Waals surface area contributed by atoms with E-state index in [1.165, 1.54) is 244 Å². The van der Waals surface area contributed by atoms with Crippen LogP contribution in [0.3, 0.4) is 0 Å². The SMILES string of the molecule is CCCCCC/C=C\C/C=C\CCCCCCCCCC(=O)OCCCCCCCCCC/C=C\CCCCCCCCCC(=O)NC(CO)C(O)CCCCCCCCCCCCCCCCC. The molecule has 0 aliphatic carbocycles. The van der Waals surface area contributed by atoms with Crippen molar-refractivity contribution in [2.75, 3.05) is 13.2 Å². The summed E-state index contributed by atoms with van der Waals surface area (Å²) in [6.45, 7) is 4.93. The fourth-order valence-corrected chi connectivity index (χ4v) is 9.43. The Labute approximate surface area is 430 Å². The highest BCUT2D eigenvalue weighted by molar-refractivity contribution is 5.76. The number of carbonyl (C=O) groups excluding carboxylic acids is 2. The first kappa shape index (κ1) is 67.1. The van der Waals surface area contributed by atoms with Gasteiger partial charge in [-0.05, 0) is 83.5 Å². The number of carbonyl (C=O) groups is 2. The normalized spacial score (nSPS) is 12.8. The lowest BCUT2D eigenvalue weighted by atomic mass is 10.0. The molecule has 0 aliphatic rings. The van der Waals surface area contributed by atoms with Gasteiger partial charge in [-0.3, -0.25) is 9.59 Å². The lowest BCUT2D eigenvalue weighted by molar-refractivity contribution is -0.143. The monoisotopic (exact) mass is 970 g/mol. The zero-order chi connectivity index (χ0) is 50.0. The fourth-order valence-electron chi connectivity index (χ4n) is 9.43. The van der Waals surface area contributed by atoms with E-state index in [4.69, 9.17) is 4.74 Å². The molecule has 0 aliphatic heterocycles. The lowest BCUT2D eigenvalue weighted by Crippen LogP contribution is -2.45. The molecule has 0 rings (SSSR count). The van der Waals surface area contributed by atoms with Crippen LogP contribution >= 0.6 is 0 Å². The lowest BCUT2D eigenvalue weighted by Gasteiger charge is -2.22. The Kier molecular flexibility index (Phi) is 57.0. The van der Waals surface area contributed by atoms with Crippen LogP contribution in [0.2, 0.25) is 0 Å². The number of rotatable bonds is 57. The average Bonchev–Trinajstić information content (AvgIpc) is 3.35. The Morgan fingerprint density at radius 2 is 0.725 bits per heavy atom. The van der Waals surface area contributed by atoms with E-state index in [0.717, 1.165) is 51.4 Å². The third-order valence-corrected chi connectivity index (χ3v) is 14.2. The van der Waals surface area contributed by atoms with E-state index in [1.54, 1.807) is 0 Å². The number of aliphatic hydroxyl groups excluding tert-OH is 2. The highest BCUT2D eigenvalue weighted by Crippen LogP contribution is 2.17. The second-order valence-corrected chi connectivity index (χ2v) is 21.0. The van der Waals surface area contributed by atoms with E-state index < -0.39 is 12.1 Å². The molecule has 0 fully saturated rings. The summed E-state index contributed by atoms with van der Waals surface area (Å²) in [4.78, 5) is 24.6. The van der Waals surface area contributed by atoms with Gasteiger partial charge >= 0.3 is 5.97 Å². The topological polar surface area (TPSA) is 95.9 Å². The molecule has 0 heterocycles. The number of ether oxygens (including phenoxy) is 1. The summed E-state index contributed by atoms with van der Waals surface area (Å²) < 4.78 is 5.48. The number of unbranched alkanes of at least 4 members (excludes halogenated alkanes) is 40. The van der Waals surface area contributed by atoms with Gasteiger partial charge in [0.1, 0.15) is 0 Å². The number of nitrogens with one attached hydrogen (secondary N) is 1. The zero-order valence-corrected chi connectivity index (χ0v) is 46.3. The Morgan fingerprint density at radius 1 is 0.406 bits per heavy atom. The average molecular weight is 971 g/mol. The third kappa shape index (κ3) is 55.2. The number of hydrogen-bond donors (Lipinski definition) is 3. The quantitative estimate of drug-likeness (QED) is 0.0321. The summed E-state index contributed by atoms with van der Waals surface area (Å²) in [5.41, 5.74) is 0. The van der Waals surface area contributed by atoms with E-state index in [9.17, 15) is 19.8 Å². The molecule has 0 saturated carbocycles. The van der Waals surface area contributed by atoms with Crippen molar-refractivity contribution in [2.24, 2.45) is 0 Å². The van der Waals surface area contributed by atoms with Crippen molar-refractivity contribution in [2.45, 2.75) is 341 Å². The first-order chi connectivity index (χ1) is 34.0. The van der Waals surface area contributed by atoms with Gasteiger partial charge in [-0.15, -0.1) is 0 Å². The van der Waals surface area contributed by atoms with Crippen LogP contribution in [0.5, 0.6) is 0 Å². The van der Waals surface area contributed by atoms with Gasteiger partial charge in [0.25, 0.3) is 0 Å². The fraction of sp³-hybridized carbons (Fsp3) is 0.873. The van der Waals surface area contributed by atoms with Crippen LogP contribution in [0.15, 0.2) is 36.5 Å². The zero-order valence-electron chi connectivity index (χ0n) is 46.3. The van der Waals surface area contributed by atoms with Crippen LogP contribution in [0.4, 0.5) is 0 Å². The maximum Gasteiger partial charge on any atom is 0.305 e. The summed E-state index contributed by atoms with van der Waals surface area (Å²) in [6, 6.07) is -0.549. The van der Waals surface area contributed by atoms with Gasteiger partial charge in [0.15, 0.2) is 0 Å². The van der Waals surface area contributed by atoms with Crippen molar-refractivity contribution in [3.63, 3.8) is 0 Å². The Balaban J connectivity index is 3.43. The van der Waals surface area contributed by atoms with Gasteiger partial charge in [-0.2, -0.15) is 0 Å². The van der Waals surface area contributed by atoms with E-state index in [-0.39, 0.29) is 18.5 Å². The van der Waals surface area contributed by atoms with Crippen LogP contribution in [0.1, 0.15) is 328 Å². The molecule has 0 radical (unpaired) electrons. The maximum atomic E-state index is 12.5. The minimum absolute atomic E-state index is 0.00324. The Morgan fingerprint density at radius 3 is 1.13 bits per heavy atom. The number of allylic oxidation sites excluding steroid dienone is 6. The van der Waals surface area contributed by atoms with Crippen LogP contribution in [0, 0.1) is 0 Å². The minimum atomic E-state index is -0.671. The highest BCUT2D eigenvalue weighted by atomic mass is 16.5. The molecule has 1 amide bonds. The van der Waals surface area contributed by atoms with E-state index >= 15 is 0 Å². The molecule has 6 nitrogen and oxygen atoms in total. The highest BCUT2D eigenvalue weighted by Gasteiger charge is 2.20. The Hall–Kier alpha value is -1.92. The number of amides is 1. The summed E-state index contributed by atoms with van der Waals surface area (Å²) in [7, 11) is 0. The molecule has 2 atom stereocenters. The van der Waals surface area contributed by atoms with Crippen molar-refractivity contribution >= 4 is 11.9 Å². The van der Waals surface area contributed by atoms with Crippen molar-refractivity contribution in [1.29, 1.82) is 0 Å². The first-order valence-electron chi connectivity index (χ1n) is 30.7. The maximum absolute atomic E-state index is 12.5. The number of esters is 1. The van der Waals surface area contributed by atoms with Crippen molar-refractivity contribution < 1.29 is 24.5 Å². The van der Waals surface area contributed by atoms with Gasteiger partial charge in [0.2, 0.25) is 5.91 Å². The second kappa shape index (κ2) is 58.6. The molecule has 3 N–H and O–H groups in total. The molecule has 0 bridgehead atoms. The minimum Gasteiger partial charge on any atom is -0.466 e. The molecule has 6 heteroatoms. The van der Waals surface area contributed by atoms with Crippen LogP contribution < -0.4 is 5.32 Å². The van der Waals surface area contributed by atoms with Gasteiger partial charge in [-0.25, -0.2) is 0 Å². The van der Waals surface area contributed by atoms with Gasteiger partial charge < -0.3 is 20.3 Å². The van der Waals surface area contributed by atoms with Gasteiger partial charge in [0, 0.05) is 12.8 Å². The summed E-state index contributed by atoms with van der Waals surface area (Å²) in [5.74, 6) is -0.0469. The predicted octanol–water partition coefficient (Wildman–Crippen LogP) is 19.2. The predicted molar refractivity (Wildman–Crippen MR) is 301 cm³/mol. The Bertz CT molecular complexity index is 1120. The molecule has 0 aromatic carbocycles. The van der Waals surface area contributed by atoms with Gasteiger partial charge in [-0.1, -0.05) is 269 Å². The van der Waals surface area contributed by atoms with Crippen molar-refractivity contribution in [3.05, 3.63) is 36.5 Å². The molecule has 406 valence electrons. The molecule has 0 spiro atoms. The summed E-state index contributed by atoms with van der Waals surface area (Å²) >= 11 is 0. The molecule has 69 heavy (non-hydrogen) atoms. The molecule has 0 aromatic rings. The van der Waals surface area contributed by atoms with Crippen LogP contribution in [0.25, 0.3) is 0 Å². The second-order valence-electron chi connectivity index (χ2n) is 21.0. The molecular formula is C63H119NO5. The molecule has 2 unspecified atom stereocenters. The van der Waals surface area contributed by atoms with Gasteiger partial charge in [0.05, 0.1) is 25.4 Å². The first-order valence-corrected chi connectivity index (χ1v) is 30.7. The van der Waals surface area contributed by atoms with E-state index in [2.05, 4.69) is 55.6 Å². The molecular weight excluding hydrogens is 851 g/mol. The van der Waals surface area contributed by atoms with E-state index in [1.807, 2.05) is 0 Å². The summed E-state index contributed by atoms with van der Waals surface area (Å²) in [6.07, 6.45) is 72.8. The van der Waals surface area contributed by atoms with Crippen LogP contribution in [-0.2, 0) is 14.3 Å². The van der Waals surface area contributed by atoms with Crippen LogP contribution in [-0.4, -0.2) is 47.4 Å². The standard InChI is InChI=1S/C63H119NO5/c1-3-5-7-9-11-13-15-17-19-20-25-29-33-37-41-45-49-53-57-63(68)69-58-54-50-46-42-38-34-30-26-23-21-22-24-28-32-36-40-44-48-52-56-62(67)64-60(59-65)61(66)55-51-47-43-39-35-31-27-18-16-14-12-10-8-6-4-2/h13,15,19-22,60-61,65-66H,3-12,14,16-18,23-59H2,1-2H3,(H,64,67)/b15-13-,20-19-,22-21-. The summed E-state index contributed by atoms with van der Waals surface area (Å²) in [5, 5.41) is 23.3. The smallest absolute Gasteiger partial charge is 0.305 e. The number of aliphatic hydroxyl groups is 2. The largest absolute Gasteiger partial charge is 0.466 e. The van der Waals surface area contributed by atoms with Crippen molar-refractivity contribution in [3.8, 4) is 0 Å². The van der Waals surface area contributed by atoms with E-state index in [0.29, 0.717) is 25.9 Å².